The largest absolute Gasteiger partial charge is 0.573 e. The average molecular weight is 283 g/mol. The van der Waals surface area contributed by atoms with Gasteiger partial charge in [-0.25, -0.2) is 4.98 Å². The zero-order valence-corrected chi connectivity index (χ0v) is 10.5. The molecule has 0 fully saturated rings. The molecule has 0 spiro atoms. The third kappa shape index (κ3) is 3.53. The summed E-state index contributed by atoms with van der Waals surface area (Å²) in [5.41, 5.74) is 7.50. The molecular weight excluding hydrogens is 271 g/mol. The Bertz CT molecular complexity index is 614. The van der Waals surface area contributed by atoms with Gasteiger partial charge in [-0.2, -0.15) is 0 Å². The van der Waals surface area contributed by atoms with E-state index in [1.165, 1.54) is 18.2 Å². The molecule has 0 saturated heterocycles. The molecule has 4 nitrogen and oxygen atoms in total. The minimum atomic E-state index is -4.72. The number of halogens is 3. The summed E-state index contributed by atoms with van der Waals surface area (Å²) in [5.74, 6) is 0.0721. The quantitative estimate of drug-likeness (QED) is 0.903. The molecule has 0 aliphatic carbocycles. The molecule has 0 bridgehead atoms. The van der Waals surface area contributed by atoms with Crippen molar-refractivity contribution in [3.63, 3.8) is 0 Å². The van der Waals surface area contributed by atoms with Crippen LogP contribution in [0.3, 0.4) is 0 Å². The Hall–Kier alpha value is -2.44. The summed E-state index contributed by atoms with van der Waals surface area (Å²) >= 11 is 0. The molecule has 0 aliphatic heterocycles. The molecule has 0 aliphatic rings. The van der Waals surface area contributed by atoms with Crippen molar-refractivity contribution >= 4 is 17.2 Å². The molecular formula is C13H12F3N3O. The Morgan fingerprint density at radius 3 is 2.70 bits per heavy atom. The first kappa shape index (κ1) is 14.0. The number of hydrogen-bond donors (Lipinski definition) is 2. The van der Waals surface area contributed by atoms with Crippen molar-refractivity contribution in [1.29, 1.82) is 0 Å². The van der Waals surface area contributed by atoms with Gasteiger partial charge in [0.15, 0.2) is 5.82 Å². The van der Waals surface area contributed by atoms with E-state index in [1.807, 2.05) is 6.92 Å². The monoisotopic (exact) mass is 283 g/mol. The normalized spacial score (nSPS) is 11.2. The summed E-state index contributed by atoms with van der Waals surface area (Å²) < 4.78 is 40.3. The van der Waals surface area contributed by atoms with Crippen LogP contribution in [-0.2, 0) is 0 Å². The Kier molecular flexibility index (Phi) is 3.69. The smallest absolute Gasteiger partial charge is 0.406 e. The van der Waals surface area contributed by atoms with E-state index in [0.717, 1.165) is 5.56 Å². The summed E-state index contributed by atoms with van der Waals surface area (Å²) in [7, 11) is 0. The predicted octanol–water partition coefficient (Wildman–Crippen LogP) is 3.61. The number of pyridine rings is 1. The van der Waals surface area contributed by atoms with E-state index >= 15 is 0 Å². The lowest BCUT2D eigenvalue weighted by atomic mass is 10.2. The Balaban J connectivity index is 2.22. The maximum absolute atomic E-state index is 12.1. The fourth-order valence-corrected chi connectivity index (χ4v) is 1.58. The van der Waals surface area contributed by atoms with Gasteiger partial charge in [0, 0.05) is 18.0 Å². The first-order valence-corrected chi connectivity index (χ1v) is 5.69. The molecule has 0 radical (unpaired) electrons. The van der Waals surface area contributed by atoms with Crippen LogP contribution in [0.2, 0.25) is 0 Å². The van der Waals surface area contributed by atoms with Crippen molar-refractivity contribution in [2.75, 3.05) is 11.1 Å². The number of benzene rings is 1. The van der Waals surface area contributed by atoms with Crippen LogP contribution in [0.4, 0.5) is 30.4 Å². The highest BCUT2D eigenvalue weighted by atomic mass is 19.4. The Morgan fingerprint density at radius 1 is 1.25 bits per heavy atom. The van der Waals surface area contributed by atoms with Gasteiger partial charge in [-0.15, -0.1) is 13.2 Å². The van der Waals surface area contributed by atoms with Gasteiger partial charge in [-0.3, -0.25) is 0 Å². The van der Waals surface area contributed by atoms with Crippen molar-refractivity contribution in [2.24, 2.45) is 0 Å². The second kappa shape index (κ2) is 5.28. The van der Waals surface area contributed by atoms with Gasteiger partial charge in [0.1, 0.15) is 5.75 Å². The van der Waals surface area contributed by atoms with Crippen LogP contribution in [0.25, 0.3) is 0 Å². The lowest BCUT2D eigenvalue weighted by molar-refractivity contribution is -0.274. The van der Waals surface area contributed by atoms with E-state index in [4.69, 9.17) is 5.73 Å². The van der Waals surface area contributed by atoms with Crippen LogP contribution in [0.15, 0.2) is 36.5 Å². The second-order valence-corrected chi connectivity index (χ2v) is 4.09. The summed E-state index contributed by atoms with van der Waals surface area (Å²) in [6.45, 7) is 1.81. The lowest BCUT2D eigenvalue weighted by Crippen LogP contribution is -2.17. The van der Waals surface area contributed by atoms with Crippen LogP contribution in [0.5, 0.6) is 5.75 Å². The number of rotatable bonds is 3. The molecule has 3 N–H and O–H groups in total. The molecule has 2 aromatic rings. The highest BCUT2D eigenvalue weighted by molar-refractivity contribution is 5.71. The number of aryl methyl sites for hydroxylation is 1. The minimum Gasteiger partial charge on any atom is -0.406 e. The number of ether oxygens (including phenoxy) is 1. The minimum absolute atomic E-state index is 0.311. The third-order valence-corrected chi connectivity index (χ3v) is 2.54. The van der Waals surface area contributed by atoms with E-state index in [-0.39, 0.29) is 5.75 Å². The zero-order valence-electron chi connectivity index (χ0n) is 10.5. The van der Waals surface area contributed by atoms with Gasteiger partial charge in [-0.1, -0.05) is 6.07 Å². The number of nitrogen functional groups attached to an aromatic ring is 1. The zero-order chi connectivity index (χ0) is 14.8. The van der Waals surface area contributed by atoms with E-state index in [1.54, 1.807) is 18.3 Å². The van der Waals surface area contributed by atoms with E-state index in [9.17, 15) is 13.2 Å². The molecule has 0 saturated carbocycles. The molecule has 106 valence electrons. The van der Waals surface area contributed by atoms with E-state index in [0.29, 0.717) is 17.2 Å². The fraction of sp³-hybridized carbons (Fsp3) is 0.154. The second-order valence-electron chi connectivity index (χ2n) is 4.09. The standard InChI is InChI=1S/C13H12F3N3O/c1-8-5-6-18-12(11(8)17)19-9-3-2-4-10(7-9)20-13(14,15)16/h2-7H,17H2,1H3,(H,18,19). The molecule has 1 aromatic carbocycles. The lowest BCUT2D eigenvalue weighted by Gasteiger charge is -2.12. The molecule has 0 unspecified atom stereocenters. The number of aromatic nitrogens is 1. The highest BCUT2D eigenvalue weighted by Gasteiger charge is 2.31. The van der Waals surface area contributed by atoms with Gasteiger partial charge in [0.2, 0.25) is 0 Å². The maximum Gasteiger partial charge on any atom is 0.573 e. The topological polar surface area (TPSA) is 60.2 Å². The highest BCUT2D eigenvalue weighted by Crippen LogP contribution is 2.28. The predicted molar refractivity (Wildman–Crippen MR) is 69.8 cm³/mol. The number of nitrogens with one attached hydrogen (secondary N) is 1. The fourth-order valence-electron chi connectivity index (χ4n) is 1.58. The van der Waals surface area contributed by atoms with Crippen molar-refractivity contribution in [2.45, 2.75) is 13.3 Å². The molecule has 0 atom stereocenters. The summed E-state index contributed by atoms with van der Waals surface area (Å²) in [6.07, 6.45) is -3.16. The molecule has 1 aromatic heterocycles. The van der Waals surface area contributed by atoms with Crippen molar-refractivity contribution in [3.8, 4) is 5.75 Å². The van der Waals surface area contributed by atoms with E-state index < -0.39 is 6.36 Å². The van der Waals surface area contributed by atoms with Crippen LogP contribution in [-0.4, -0.2) is 11.3 Å². The molecule has 20 heavy (non-hydrogen) atoms. The maximum atomic E-state index is 12.1. The molecule has 7 heteroatoms. The Labute approximate surface area is 113 Å². The molecule has 1 heterocycles. The van der Waals surface area contributed by atoms with Gasteiger partial charge < -0.3 is 15.8 Å². The van der Waals surface area contributed by atoms with Crippen LogP contribution in [0, 0.1) is 6.92 Å². The summed E-state index contributed by atoms with van der Waals surface area (Å²) in [4.78, 5) is 4.04. The number of nitrogens with two attached hydrogens (primary N) is 1. The van der Waals surface area contributed by atoms with Gasteiger partial charge in [-0.05, 0) is 30.7 Å². The van der Waals surface area contributed by atoms with Crippen LogP contribution < -0.4 is 15.8 Å². The number of hydrogen-bond acceptors (Lipinski definition) is 4. The van der Waals surface area contributed by atoms with E-state index in [2.05, 4.69) is 15.0 Å². The van der Waals surface area contributed by atoms with Crippen molar-refractivity contribution in [1.82, 2.24) is 4.98 Å². The van der Waals surface area contributed by atoms with Gasteiger partial charge >= 0.3 is 6.36 Å². The first-order chi connectivity index (χ1) is 9.35. The number of nitrogens with zero attached hydrogens (tertiary/aromatic N) is 1. The third-order valence-electron chi connectivity index (χ3n) is 2.54. The van der Waals surface area contributed by atoms with Crippen LogP contribution >= 0.6 is 0 Å². The average Bonchev–Trinajstić information content (AvgIpc) is 2.33. The Morgan fingerprint density at radius 2 is 2.00 bits per heavy atom. The molecule has 2 rings (SSSR count). The number of anilines is 3. The number of alkyl halides is 3. The SMILES string of the molecule is Cc1ccnc(Nc2cccc(OC(F)(F)F)c2)c1N. The van der Waals surface area contributed by atoms with Crippen molar-refractivity contribution in [3.05, 3.63) is 42.1 Å². The van der Waals surface area contributed by atoms with Crippen molar-refractivity contribution < 1.29 is 17.9 Å². The van der Waals surface area contributed by atoms with Crippen LogP contribution in [0.1, 0.15) is 5.56 Å². The summed E-state index contributed by atoms with van der Waals surface area (Å²) in [6, 6.07) is 7.20. The van der Waals surface area contributed by atoms with Gasteiger partial charge in [0.25, 0.3) is 0 Å². The first-order valence-electron chi connectivity index (χ1n) is 5.69. The molecule has 0 amide bonds. The van der Waals surface area contributed by atoms with Gasteiger partial charge in [0.05, 0.1) is 5.69 Å². The summed E-state index contributed by atoms with van der Waals surface area (Å²) in [5, 5.41) is 2.86.